The van der Waals surface area contributed by atoms with Crippen molar-refractivity contribution in [1.82, 2.24) is 9.97 Å². The lowest BCUT2D eigenvalue weighted by Gasteiger charge is -2.07. The SMILES string of the molecule is O=C(Nc1ccc(-c2nc3ccccc3s2)cc1)c1nc(Cl)ccc1Cl. The monoisotopic (exact) mass is 399 g/mol. The third kappa shape index (κ3) is 3.42. The first kappa shape index (κ1) is 17.0. The lowest BCUT2D eigenvalue weighted by atomic mass is 10.2. The number of nitrogens with zero attached hydrogens (tertiary/aromatic N) is 2. The number of halogens is 2. The average Bonchev–Trinajstić information content (AvgIpc) is 3.08. The van der Waals surface area contributed by atoms with Crippen molar-refractivity contribution in [3.05, 3.63) is 76.5 Å². The second kappa shape index (κ2) is 7.03. The van der Waals surface area contributed by atoms with Crippen LogP contribution in [0.25, 0.3) is 20.8 Å². The number of rotatable bonds is 3. The highest BCUT2D eigenvalue weighted by Crippen LogP contribution is 2.30. The van der Waals surface area contributed by atoms with Crippen LogP contribution in [0.15, 0.2) is 60.7 Å². The number of benzene rings is 2. The Labute approximate surface area is 163 Å². The molecule has 0 aliphatic rings. The van der Waals surface area contributed by atoms with Gasteiger partial charge in [0.25, 0.3) is 5.91 Å². The van der Waals surface area contributed by atoms with Gasteiger partial charge in [-0.15, -0.1) is 11.3 Å². The molecule has 7 heteroatoms. The van der Waals surface area contributed by atoms with E-state index in [9.17, 15) is 4.79 Å². The fraction of sp³-hybridized carbons (Fsp3) is 0. The highest BCUT2D eigenvalue weighted by atomic mass is 35.5. The van der Waals surface area contributed by atoms with Gasteiger partial charge in [-0.05, 0) is 48.5 Å². The van der Waals surface area contributed by atoms with Gasteiger partial charge in [-0.25, -0.2) is 9.97 Å². The maximum Gasteiger partial charge on any atom is 0.275 e. The molecule has 4 aromatic rings. The van der Waals surface area contributed by atoms with E-state index in [2.05, 4.69) is 15.3 Å². The number of hydrogen-bond acceptors (Lipinski definition) is 4. The molecule has 0 unspecified atom stereocenters. The normalized spacial score (nSPS) is 10.8. The van der Waals surface area contributed by atoms with Gasteiger partial charge >= 0.3 is 0 Å². The van der Waals surface area contributed by atoms with Crippen LogP contribution in [0.4, 0.5) is 5.69 Å². The number of hydrogen-bond donors (Lipinski definition) is 1. The van der Waals surface area contributed by atoms with Crippen molar-refractivity contribution in [2.24, 2.45) is 0 Å². The second-order valence-electron chi connectivity index (χ2n) is 5.48. The summed E-state index contributed by atoms with van der Waals surface area (Å²) in [7, 11) is 0. The standard InChI is InChI=1S/C19H11Cl2N3OS/c20-13-9-10-16(21)24-17(13)18(25)22-12-7-5-11(6-8-12)19-23-14-3-1-2-4-15(14)26-19/h1-10H,(H,22,25). The summed E-state index contributed by atoms with van der Waals surface area (Å²) in [5.41, 5.74) is 2.70. The van der Waals surface area contributed by atoms with Crippen LogP contribution in [-0.2, 0) is 0 Å². The van der Waals surface area contributed by atoms with Gasteiger partial charge in [0.15, 0.2) is 0 Å². The minimum Gasteiger partial charge on any atom is -0.321 e. The van der Waals surface area contributed by atoms with Gasteiger partial charge in [0.1, 0.15) is 15.9 Å². The fourth-order valence-electron chi connectivity index (χ4n) is 2.46. The minimum atomic E-state index is -0.412. The maximum atomic E-state index is 12.3. The molecule has 2 aromatic heterocycles. The number of anilines is 1. The van der Waals surface area contributed by atoms with Gasteiger partial charge in [0.2, 0.25) is 0 Å². The lowest BCUT2D eigenvalue weighted by Crippen LogP contribution is -2.14. The van der Waals surface area contributed by atoms with Crippen LogP contribution in [0.3, 0.4) is 0 Å². The summed E-state index contributed by atoms with van der Waals surface area (Å²) in [5, 5.41) is 4.17. The van der Waals surface area contributed by atoms with E-state index in [1.807, 2.05) is 48.5 Å². The molecular formula is C19H11Cl2N3OS. The summed E-state index contributed by atoms with van der Waals surface area (Å²) in [5.74, 6) is -0.412. The highest BCUT2D eigenvalue weighted by molar-refractivity contribution is 7.21. The van der Waals surface area contributed by atoms with Gasteiger partial charge in [0.05, 0.1) is 15.2 Å². The van der Waals surface area contributed by atoms with E-state index >= 15 is 0 Å². The topological polar surface area (TPSA) is 54.9 Å². The van der Waals surface area contributed by atoms with E-state index < -0.39 is 5.91 Å². The van der Waals surface area contributed by atoms with Gasteiger partial charge in [-0.2, -0.15) is 0 Å². The summed E-state index contributed by atoms with van der Waals surface area (Å²) >= 11 is 13.5. The number of thiazole rings is 1. The molecule has 0 aliphatic carbocycles. The fourth-order valence-corrected chi connectivity index (χ4v) is 3.77. The van der Waals surface area contributed by atoms with Crippen LogP contribution in [0.5, 0.6) is 0 Å². The largest absolute Gasteiger partial charge is 0.321 e. The number of nitrogens with one attached hydrogen (secondary N) is 1. The van der Waals surface area contributed by atoms with E-state index in [1.54, 1.807) is 17.4 Å². The van der Waals surface area contributed by atoms with Crippen molar-refractivity contribution >= 4 is 56.3 Å². The first-order chi connectivity index (χ1) is 12.6. The van der Waals surface area contributed by atoms with E-state index in [0.29, 0.717) is 5.69 Å². The number of fused-ring (bicyclic) bond motifs is 1. The summed E-state index contributed by atoms with van der Waals surface area (Å²) in [6.45, 7) is 0. The van der Waals surface area contributed by atoms with Gasteiger partial charge < -0.3 is 5.32 Å². The summed E-state index contributed by atoms with van der Waals surface area (Å²) in [6, 6.07) is 18.6. The molecule has 2 heterocycles. The summed E-state index contributed by atoms with van der Waals surface area (Å²) in [4.78, 5) is 20.9. The third-order valence-corrected chi connectivity index (χ3v) is 5.31. The second-order valence-corrected chi connectivity index (χ2v) is 7.31. The molecule has 0 saturated heterocycles. The maximum absolute atomic E-state index is 12.3. The zero-order chi connectivity index (χ0) is 18.1. The zero-order valence-corrected chi connectivity index (χ0v) is 15.6. The molecule has 4 nitrogen and oxygen atoms in total. The van der Waals surface area contributed by atoms with E-state index in [0.717, 1.165) is 20.8 Å². The molecule has 0 spiro atoms. The van der Waals surface area contributed by atoms with Gasteiger partial charge in [0, 0.05) is 11.3 Å². The van der Waals surface area contributed by atoms with E-state index in [4.69, 9.17) is 23.2 Å². The zero-order valence-electron chi connectivity index (χ0n) is 13.2. The number of amides is 1. The van der Waals surface area contributed by atoms with Crippen molar-refractivity contribution in [2.75, 3.05) is 5.32 Å². The van der Waals surface area contributed by atoms with Crippen LogP contribution >= 0.6 is 34.5 Å². The molecule has 4 rings (SSSR count). The van der Waals surface area contributed by atoms with Crippen molar-refractivity contribution in [3.8, 4) is 10.6 Å². The number of aromatic nitrogens is 2. The Bertz CT molecular complexity index is 1080. The van der Waals surface area contributed by atoms with Crippen molar-refractivity contribution in [2.45, 2.75) is 0 Å². The van der Waals surface area contributed by atoms with E-state index in [-0.39, 0.29) is 15.9 Å². The summed E-state index contributed by atoms with van der Waals surface area (Å²) in [6.07, 6.45) is 0. The molecule has 128 valence electrons. The molecule has 26 heavy (non-hydrogen) atoms. The Balaban J connectivity index is 1.56. The molecule has 0 fully saturated rings. The quantitative estimate of drug-likeness (QED) is 0.435. The van der Waals surface area contributed by atoms with Crippen molar-refractivity contribution in [1.29, 1.82) is 0 Å². The van der Waals surface area contributed by atoms with Crippen molar-refractivity contribution < 1.29 is 4.79 Å². The number of para-hydroxylation sites is 1. The highest BCUT2D eigenvalue weighted by Gasteiger charge is 2.13. The van der Waals surface area contributed by atoms with Crippen LogP contribution < -0.4 is 5.32 Å². The van der Waals surface area contributed by atoms with Crippen LogP contribution in [0.2, 0.25) is 10.2 Å². The molecule has 0 atom stereocenters. The average molecular weight is 400 g/mol. The predicted octanol–water partition coefficient (Wildman–Crippen LogP) is 5.92. The Morgan fingerprint density at radius 1 is 0.923 bits per heavy atom. The Kier molecular flexibility index (Phi) is 4.59. The Morgan fingerprint density at radius 3 is 2.46 bits per heavy atom. The molecule has 0 bridgehead atoms. The molecule has 1 N–H and O–H groups in total. The van der Waals surface area contributed by atoms with Gasteiger partial charge in [-0.1, -0.05) is 35.3 Å². The molecule has 0 radical (unpaired) electrons. The first-order valence-electron chi connectivity index (χ1n) is 7.69. The Morgan fingerprint density at radius 2 is 1.69 bits per heavy atom. The number of pyridine rings is 1. The molecule has 1 amide bonds. The van der Waals surface area contributed by atoms with Crippen LogP contribution in [0.1, 0.15) is 10.5 Å². The molecular weight excluding hydrogens is 389 g/mol. The molecule has 0 saturated carbocycles. The summed E-state index contributed by atoms with van der Waals surface area (Å²) < 4.78 is 1.14. The lowest BCUT2D eigenvalue weighted by molar-refractivity contribution is 0.102. The Hall–Kier alpha value is -2.47. The number of carbonyl (C=O) groups excluding carboxylic acids is 1. The number of carbonyl (C=O) groups is 1. The molecule has 0 aliphatic heterocycles. The van der Waals surface area contributed by atoms with Crippen molar-refractivity contribution in [3.63, 3.8) is 0 Å². The van der Waals surface area contributed by atoms with Crippen LogP contribution in [-0.4, -0.2) is 15.9 Å². The first-order valence-corrected chi connectivity index (χ1v) is 9.27. The smallest absolute Gasteiger partial charge is 0.275 e. The van der Waals surface area contributed by atoms with E-state index in [1.165, 1.54) is 6.07 Å². The van der Waals surface area contributed by atoms with Crippen LogP contribution in [0, 0.1) is 0 Å². The predicted molar refractivity (Wildman–Crippen MR) is 107 cm³/mol. The third-order valence-electron chi connectivity index (χ3n) is 3.71. The molecule has 2 aromatic carbocycles. The van der Waals surface area contributed by atoms with Gasteiger partial charge in [-0.3, -0.25) is 4.79 Å². The minimum absolute atomic E-state index is 0.0921.